The van der Waals surface area contributed by atoms with Crippen molar-refractivity contribution >= 4 is 5.97 Å². The van der Waals surface area contributed by atoms with Crippen molar-refractivity contribution in [1.29, 1.82) is 0 Å². The summed E-state index contributed by atoms with van der Waals surface area (Å²) >= 11 is 0. The third kappa shape index (κ3) is 2.57. The number of rotatable bonds is 3. The van der Waals surface area contributed by atoms with Crippen LogP contribution in [-0.2, 0) is 5.41 Å². The van der Waals surface area contributed by atoms with E-state index >= 15 is 0 Å². The molecule has 0 bridgehead atoms. The average molecular weight is 235 g/mol. The first-order chi connectivity index (χ1) is 7.89. The second-order valence-corrected chi connectivity index (χ2v) is 5.43. The lowest BCUT2D eigenvalue weighted by atomic mass is 9.84. The Bertz CT molecular complexity index is 444. The number of pyridine rings is 1. The lowest BCUT2D eigenvalue weighted by Gasteiger charge is -2.24. The molecule has 1 aliphatic rings. The first kappa shape index (κ1) is 11.9. The second-order valence-electron chi connectivity index (χ2n) is 5.43. The number of carbonyl (C=O) groups is 1. The minimum atomic E-state index is -0.955. The van der Waals surface area contributed by atoms with Crippen LogP contribution in [0.5, 0.6) is 5.75 Å². The molecule has 0 aliphatic heterocycles. The molecule has 1 aliphatic carbocycles. The number of hydrogen-bond donors (Lipinski definition) is 1. The minimum absolute atomic E-state index is 0.232. The molecule has 1 N–H and O–H groups in total. The summed E-state index contributed by atoms with van der Waals surface area (Å²) in [6.07, 6.45) is 5.33. The van der Waals surface area contributed by atoms with Crippen LogP contribution in [0.2, 0.25) is 0 Å². The first-order valence-corrected chi connectivity index (χ1v) is 5.78. The normalized spacial score (nSPS) is 15.7. The summed E-state index contributed by atoms with van der Waals surface area (Å²) in [5, 5.41) is 9.21. The van der Waals surface area contributed by atoms with E-state index in [1.165, 1.54) is 6.20 Å². The van der Waals surface area contributed by atoms with Crippen LogP contribution in [0, 0.1) is 0 Å². The summed E-state index contributed by atoms with van der Waals surface area (Å²) in [7, 11) is 0. The molecule has 0 saturated heterocycles. The lowest BCUT2D eigenvalue weighted by molar-refractivity contribution is 0.0692. The molecule has 0 spiro atoms. The van der Waals surface area contributed by atoms with Crippen LogP contribution in [0.3, 0.4) is 0 Å². The molecule has 1 fully saturated rings. The van der Waals surface area contributed by atoms with Gasteiger partial charge >= 0.3 is 5.97 Å². The molecule has 0 radical (unpaired) electrons. The zero-order valence-electron chi connectivity index (χ0n) is 10.4. The second kappa shape index (κ2) is 4.02. The first-order valence-electron chi connectivity index (χ1n) is 5.78. The van der Waals surface area contributed by atoms with E-state index in [4.69, 9.17) is 4.74 Å². The fourth-order valence-electron chi connectivity index (χ4n) is 1.83. The Balaban J connectivity index is 2.49. The highest BCUT2D eigenvalue weighted by atomic mass is 16.5. The highest BCUT2D eigenvalue weighted by molar-refractivity contribution is 5.90. The molecule has 92 valence electrons. The van der Waals surface area contributed by atoms with E-state index in [2.05, 4.69) is 4.98 Å². The zero-order chi connectivity index (χ0) is 12.6. The van der Waals surface area contributed by atoms with Crippen LogP contribution < -0.4 is 4.74 Å². The van der Waals surface area contributed by atoms with Crippen molar-refractivity contribution in [3.8, 4) is 5.75 Å². The topological polar surface area (TPSA) is 59.4 Å². The molecular formula is C13H17NO3. The molecule has 17 heavy (non-hydrogen) atoms. The van der Waals surface area contributed by atoms with Crippen molar-refractivity contribution < 1.29 is 14.6 Å². The highest BCUT2D eigenvalue weighted by Crippen LogP contribution is 2.36. The van der Waals surface area contributed by atoms with Crippen LogP contribution in [0.25, 0.3) is 0 Å². The van der Waals surface area contributed by atoms with Gasteiger partial charge in [-0.1, -0.05) is 20.8 Å². The van der Waals surface area contributed by atoms with Gasteiger partial charge in [-0.3, -0.25) is 4.98 Å². The van der Waals surface area contributed by atoms with Crippen LogP contribution >= 0.6 is 0 Å². The van der Waals surface area contributed by atoms with E-state index in [0.717, 1.165) is 18.4 Å². The Hall–Kier alpha value is -1.58. The molecule has 1 heterocycles. The van der Waals surface area contributed by atoms with Gasteiger partial charge in [0, 0.05) is 11.8 Å². The van der Waals surface area contributed by atoms with Gasteiger partial charge in [-0.15, -0.1) is 0 Å². The van der Waals surface area contributed by atoms with E-state index in [0.29, 0.717) is 5.75 Å². The summed E-state index contributed by atoms with van der Waals surface area (Å²) in [5.41, 5.74) is 0.684. The van der Waals surface area contributed by atoms with Crippen LogP contribution in [0.15, 0.2) is 12.4 Å². The van der Waals surface area contributed by atoms with Crippen molar-refractivity contribution in [2.24, 2.45) is 0 Å². The predicted molar refractivity (Wildman–Crippen MR) is 63.5 cm³/mol. The zero-order valence-corrected chi connectivity index (χ0v) is 10.4. The molecule has 1 aromatic rings. The maximum absolute atomic E-state index is 11.2. The molecule has 2 rings (SSSR count). The van der Waals surface area contributed by atoms with Gasteiger partial charge in [0.25, 0.3) is 0 Å². The molecule has 4 nitrogen and oxygen atoms in total. The van der Waals surface area contributed by atoms with Crippen LogP contribution in [0.1, 0.15) is 49.5 Å². The molecule has 0 unspecified atom stereocenters. The van der Waals surface area contributed by atoms with Crippen molar-refractivity contribution in [2.75, 3.05) is 0 Å². The van der Waals surface area contributed by atoms with Crippen LogP contribution in [-0.4, -0.2) is 22.2 Å². The number of nitrogens with zero attached hydrogens (tertiary/aromatic N) is 1. The fourth-order valence-corrected chi connectivity index (χ4v) is 1.83. The Kier molecular flexibility index (Phi) is 2.81. The van der Waals surface area contributed by atoms with Gasteiger partial charge in [0.05, 0.1) is 17.9 Å². The predicted octanol–water partition coefficient (Wildman–Crippen LogP) is 2.62. The maximum atomic E-state index is 11.2. The quantitative estimate of drug-likeness (QED) is 0.874. The van der Waals surface area contributed by atoms with E-state index in [1.54, 1.807) is 6.20 Å². The van der Waals surface area contributed by atoms with E-state index < -0.39 is 5.97 Å². The minimum Gasteiger partial charge on any atom is -0.488 e. The Morgan fingerprint density at radius 2 is 2.06 bits per heavy atom. The summed E-state index contributed by atoms with van der Waals surface area (Å²) in [4.78, 5) is 15.2. The summed E-state index contributed by atoms with van der Waals surface area (Å²) in [6, 6.07) is 0. The fraction of sp³-hybridized carbons (Fsp3) is 0.538. The largest absolute Gasteiger partial charge is 0.488 e. The summed E-state index contributed by atoms with van der Waals surface area (Å²) in [5.74, 6) is -0.344. The number of aromatic carboxylic acids is 1. The van der Waals surface area contributed by atoms with Gasteiger partial charge in [0.1, 0.15) is 5.75 Å². The lowest BCUT2D eigenvalue weighted by Crippen LogP contribution is -2.19. The molecule has 4 heteroatoms. The Morgan fingerprint density at radius 1 is 1.41 bits per heavy atom. The van der Waals surface area contributed by atoms with E-state index in [9.17, 15) is 9.90 Å². The van der Waals surface area contributed by atoms with E-state index in [1.807, 2.05) is 20.8 Å². The molecule has 0 atom stereocenters. The number of ether oxygens (including phenoxy) is 1. The SMILES string of the molecule is CC(C)(C)c1c(OC2CC2)cncc1C(=O)O. The van der Waals surface area contributed by atoms with Crippen molar-refractivity contribution in [3.05, 3.63) is 23.5 Å². The summed E-state index contributed by atoms with van der Waals surface area (Å²) < 4.78 is 5.75. The highest BCUT2D eigenvalue weighted by Gasteiger charge is 2.30. The monoisotopic (exact) mass is 235 g/mol. The molecule has 1 saturated carbocycles. The molecule has 0 amide bonds. The van der Waals surface area contributed by atoms with Crippen LogP contribution in [0.4, 0.5) is 0 Å². The van der Waals surface area contributed by atoms with Gasteiger partial charge in [-0.05, 0) is 18.3 Å². The third-order valence-electron chi connectivity index (χ3n) is 2.71. The van der Waals surface area contributed by atoms with Crippen molar-refractivity contribution in [2.45, 2.75) is 45.1 Å². The third-order valence-corrected chi connectivity index (χ3v) is 2.71. The Labute approximate surface area is 101 Å². The molecular weight excluding hydrogens is 218 g/mol. The van der Waals surface area contributed by atoms with Gasteiger partial charge in [0.15, 0.2) is 0 Å². The van der Waals surface area contributed by atoms with Gasteiger partial charge in [-0.2, -0.15) is 0 Å². The molecule has 0 aromatic carbocycles. The number of aromatic nitrogens is 1. The standard InChI is InChI=1S/C13H17NO3/c1-13(2,3)11-9(12(15)16)6-14-7-10(11)17-8-4-5-8/h6-8H,4-5H2,1-3H3,(H,15,16). The van der Waals surface area contributed by atoms with Gasteiger partial charge in [0.2, 0.25) is 0 Å². The summed E-state index contributed by atoms with van der Waals surface area (Å²) in [6.45, 7) is 5.94. The smallest absolute Gasteiger partial charge is 0.337 e. The van der Waals surface area contributed by atoms with Crippen molar-refractivity contribution in [3.63, 3.8) is 0 Å². The maximum Gasteiger partial charge on any atom is 0.337 e. The van der Waals surface area contributed by atoms with Gasteiger partial charge < -0.3 is 9.84 Å². The van der Waals surface area contributed by atoms with Gasteiger partial charge in [-0.25, -0.2) is 4.79 Å². The van der Waals surface area contributed by atoms with Crippen molar-refractivity contribution in [1.82, 2.24) is 4.98 Å². The Morgan fingerprint density at radius 3 is 2.53 bits per heavy atom. The number of carboxylic acids is 1. The number of hydrogen-bond acceptors (Lipinski definition) is 3. The molecule has 1 aromatic heterocycles. The van der Waals surface area contributed by atoms with E-state index in [-0.39, 0.29) is 17.1 Å². The average Bonchev–Trinajstić information content (AvgIpc) is 2.99. The number of carboxylic acid groups (broad SMARTS) is 1.